The Labute approximate surface area is 73.0 Å². The summed E-state index contributed by atoms with van der Waals surface area (Å²) in [5, 5.41) is 8.66. The smallest absolute Gasteiger partial charge is 0.0947 e. The maximum Gasteiger partial charge on any atom is 0.0947 e. The van der Waals surface area contributed by atoms with E-state index in [0.29, 0.717) is 0 Å². The van der Waals surface area contributed by atoms with E-state index in [1.165, 1.54) is 0 Å². The largest absolute Gasteiger partial charge is 0.193 e. The molecule has 0 aliphatic rings. The number of rotatable bonds is 1. The fraction of sp³-hybridized carbons (Fsp3) is 0.182. The van der Waals surface area contributed by atoms with E-state index in [1.54, 1.807) is 0 Å². The Morgan fingerprint density at radius 1 is 1.17 bits per heavy atom. The summed E-state index contributed by atoms with van der Waals surface area (Å²) in [5.74, 6) is 0. The van der Waals surface area contributed by atoms with Crippen molar-refractivity contribution in [1.29, 1.82) is 5.26 Å². The van der Waals surface area contributed by atoms with Gasteiger partial charge in [0.25, 0.3) is 0 Å². The van der Waals surface area contributed by atoms with Crippen LogP contribution >= 0.6 is 0 Å². The van der Waals surface area contributed by atoms with Gasteiger partial charge in [0.2, 0.25) is 0 Å². The standard InChI is InChI=1S/C11H11N/c1-9(8-12)10(2)11-6-4-3-5-7-11/h3-7H,1-2H3. The molecule has 0 amide bonds. The van der Waals surface area contributed by atoms with Crippen molar-refractivity contribution in [2.75, 3.05) is 0 Å². The molecule has 0 bridgehead atoms. The summed E-state index contributed by atoms with van der Waals surface area (Å²) in [6.45, 7) is 3.80. The van der Waals surface area contributed by atoms with E-state index >= 15 is 0 Å². The Hall–Kier alpha value is -1.55. The van der Waals surface area contributed by atoms with E-state index in [0.717, 1.165) is 16.7 Å². The molecule has 0 atom stereocenters. The SMILES string of the molecule is CC(C#N)=C(C)c1ccccc1. The molecule has 0 spiro atoms. The summed E-state index contributed by atoms with van der Waals surface area (Å²) < 4.78 is 0. The molecule has 0 aromatic heterocycles. The van der Waals surface area contributed by atoms with Gasteiger partial charge in [-0.1, -0.05) is 30.3 Å². The molecule has 1 aromatic rings. The van der Waals surface area contributed by atoms with Gasteiger partial charge in [0.1, 0.15) is 0 Å². The van der Waals surface area contributed by atoms with Crippen molar-refractivity contribution in [3.05, 3.63) is 41.5 Å². The number of allylic oxidation sites excluding steroid dienone is 2. The third-order valence-electron chi connectivity index (χ3n) is 1.94. The second-order valence-corrected chi connectivity index (χ2v) is 2.73. The van der Waals surface area contributed by atoms with Crippen LogP contribution in [0.2, 0.25) is 0 Å². The molecule has 0 aliphatic heterocycles. The van der Waals surface area contributed by atoms with E-state index < -0.39 is 0 Å². The first-order valence-corrected chi connectivity index (χ1v) is 3.88. The summed E-state index contributed by atoms with van der Waals surface area (Å²) >= 11 is 0. The highest BCUT2D eigenvalue weighted by Crippen LogP contribution is 2.16. The Kier molecular flexibility index (Phi) is 2.66. The van der Waals surface area contributed by atoms with Crippen LogP contribution in [0.5, 0.6) is 0 Å². The molecule has 0 heterocycles. The second-order valence-electron chi connectivity index (χ2n) is 2.73. The van der Waals surface area contributed by atoms with Gasteiger partial charge in [-0.05, 0) is 25.0 Å². The van der Waals surface area contributed by atoms with Crippen LogP contribution in [0.15, 0.2) is 35.9 Å². The van der Waals surface area contributed by atoms with Crippen LogP contribution in [0, 0.1) is 11.3 Å². The minimum Gasteiger partial charge on any atom is -0.193 e. The topological polar surface area (TPSA) is 23.8 Å². The molecule has 0 saturated heterocycles. The first-order chi connectivity index (χ1) is 5.75. The molecule has 0 fully saturated rings. The molecule has 0 unspecified atom stereocenters. The van der Waals surface area contributed by atoms with Crippen molar-refractivity contribution in [2.45, 2.75) is 13.8 Å². The molecule has 0 N–H and O–H groups in total. The lowest BCUT2D eigenvalue weighted by molar-refractivity contribution is 1.42. The van der Waals surface area contributed by atoms with Gasteiger partial charge in [0, 0.05) is 5.57 Å². The van der Waals surface area contributed by atoms with E-state index in [-0.39, 0.29) is 0 Å². The molecular weight excluding hydrogens is 146 g/mol. The van der Waals surface area contributed by atoms with Crippen LogP contribution in [0.3, 0.4) is 0 Å². The van der Waals surface area contributed by atoms with Crippen LogP contribution in [0.4, 0.5) is 0 Å². The van der Waals surface area contributed by atoms with Gasteiger partial charge in [-0.3, -0.25) is 0 Å². The normalized spacial score (nSPS) is 11.8. The highest BCUT2D eigenvalue weighted by Gasteiger charge is 1.97. The number of nitrogens with zero attached hydrogens (tertiary/aromatic N) is 1. The molecule has 0 saturated carbocycles. The lowest BCUT2D eigenvalue weighted by Crippen LogP contribution is -1.81. The predicted octanol–water partition coefficient (Wildman–Crippen LogP) is 3.00. The average Bonchev–Trinajstić information content (AvgIpc) is 2.17. The van der Waals surface area contributed by atoms with Crippen LogP contribution in [0.25, 0.3) is 5.57 Å². The molecule has 1 nitrogen and oxygen atoms in total. The number of benzene rings is 1. The highest BCUT2D eigenvalue weighted by molar-refractivity contribution is 5.69. The van der Waals surface area contributed by atoms with Gasteiger partial charge in [-0.15, -0.1) is 0 Å². The highest BCUT2D eigenvalue weighted by atomic mass is 14.2. The molecule has 12 heavy (non-hydrogen) atoms. The summed E-state index contributed by atoms with van der Waals surface area (Å²) in [7, 11) is 0. The third-order valence-corrected chi connectivity index (χ3v) is 1.94. The van der Waals surface area contributed by atoms with Gasteiger partial charge < -0.3 is 0 Å². The molecule has 1 heteroatoms. The minimum atomic E-state index is 0.779. The van der Waals surface area contributed by atoms with E-state index in [1.807, 2.05) is 44.2 Å². The van der Waals surface area contributed by atoms with Crippen LogP contribution < -0.4 is 0 Å². The van der Waals surface area contributed by atoms with Gasteiger partial charge in [-0.2, -0.15) is 5.26 Å². The molecule has 1 aromatic carbocycles. The fourth-order valence-electron chi connectivity index (χ4n) is 0.989. The number of hydrogen-bond donors (Lipinski definition) is 0. The average molecular weight is 157 g/mol. The first kappa shape index (κ1) is 8.55. The van der Waals surface area contributed by atoms with Crippen molar-refractivity contribution >= 4 is 5.57 Å². The monoisotopic (exact) mass is 157 g/mol. The molecular formula is C11H11N. The Bertz CT molecular complexity index is 328. The van der Waals surface area contributed by atoms with E-state index in [2.05, 4.69) is 6.07 Å². The van der Waals surface area contributed by atoms with Gasteiger partial charge >= 0.3 is 0 Å². The van der Waals surface area contributed by atoms with E-state index in [4.69, 9.17) is 5.26 Å². The Morgan fingerprint density at radius 2 is 1.75 bits per heavy atom. The maximum atomic E-state index is 8.66. The number of nitriles is 1. The van der Waals surface area contributed by atoms with Crippen molar-refractivity contribution in [2.24, 2.45) is 0 Å². The fourth-order valence-corrected chi connectivity index (χ4v) is 0.989. The van der Waals surface area contributed by atoms with Gasteiger partial charge in [-0.25, -0.2) is 0 Å². The van der Waals surface area contributed by atoms with Crippen molar-refractivity contribution in [3.63, 3.8) is 0 Å². The predicted molar refractivity (Wildman–Crippen MR) is 50.3 cm³/mol. The molecule has 1 rings (SSSR count). The van der Waals surface area contributed by atoms with Crippen LogP contribution in [-0.2, 0) is 0 Å². The zero-order valence-electron chi connectivity index (χ0n) is 7.33. The lowest BCUT2D eigenvalue weighted by Gasteiger charge is -2.00. The lowest BCUT2D eigenvalue weighted by atomic mass is 10.0. The summed E-state index contributed by atoms with van der Waals surface area (Å²) in [6.07, 6.45) is 0. The first-order valence-electron chi connectivity index (χ1n) is 3.88. The van der Waals surface area contributed by atoms with Gasteiger partial charge in [0.05, 0.1) is 6.07 Å². The Morgan fingerprint density at radius 3 is 2.25 bits per heavy atom. The molecule has 0 aliphatic carbocycles. The van der Waals surface area contributed by atoms with Crippen molar-refractivity contribution in [1.82, 2.24) is 0 Å². The Balaban J connectivity index is 3.11. The summed E-state index contributed by atoms with van der Waals surface area (Å²) in [5.41, 5.74) is 2.95. The van der Waals surface area contributed by atoms with Crippen LogP contribution in [0.1, 0.15) is 19.4 Å². The van der Waals surface area contributed by atoms with Crippen molar-refractivity contribution < 1.29 is 0 Å². The minimum absolute atomic E-state index is 0.779. The quantitative estimate of drug-likeness (QED) is 0.575. The summed E-state index contributed by atoms with van der Waals surface area (Å²) in [4.78, 5) is 0. The molecule has 0 radical (unpaired) electrons. The zero-order chi connectivity index (χ0) is 8.97. The maximum absolute atomic E-state index is 8.66. The van der Waals surface area contributed by atoms with Crippen molar-refractivity contribution in [3.8, 4) is 6.07 Å². The van der Waals surface area contributed by atoms with Gasteiger partial charge in [0.15, 0.2) is 0 Å². The van der Waals surface area contributed by atoms with Crippen LogP contribution in [-0.4, -0.2) is 0 Å². The number of hydrogen-bond acceptors (Lipinski definition) is 1. The summed E-state index contributed by atoms with van der Waals surface area (Å²) in [6, 6.07) is 12.1. The second kappa shape index (κ2) is 3.73. The van der Waals surface area contributed by atoms with E-state index in [9.17, 15) is 0 Å². The molecule has 60 valence electrons. The third kappa shape index (κ3) is 1.73. The zero-order valence-corrected chi connectivity index (χ0v) is 7.33.